The molecule has 3 aromatic heterocycles. The molecule has 4 heterocycles. The fourth-order valence-corrected chi connectivity index (χ4v) is 3.84. The number of H-pyrrole nitrogens is 2. The summed E-state index contributed by atoms with van der Waals surface area (Å²) in [6, 6.07) is 14.3. The van der Waals surface area contributed by atoms with Crippen molar-refractivity contribution in [1.29, 1.82) is 0 Å². The summed E-state index contributed by atoms with van der Waals surface area (Å²) < 4.78 is 5.44. The Morgan fingerprint density at radius 1 is 1.00 bits per heavy atom. The first kappa shape index (κ1) is 17.8. The molecule has 154 valence electrons. The number of nitrogens with zero attached hydrogens (tertiary/aromatic N) is 5. The average Bonchev–Trinajstić information content (AvgIpc) is 3.49. The molecule has 1 aliphatic rings. The molecule has 3 N–H and O–H groups in total. The number of anilines is 3. The smallest absolute Gasteiger partial charge is 0.183 e. The van der Waals surface area contributed by atoms with E-state index in [1.54, 1.807) is 12.5 Å². The summed E-state index contributed by atoms with van der Waals surface area (Å²) in [6.45, 7) is 3.37. The van der Waals surface area contributed by atoms with Crippen molar-refractivity contribution < 1.29 is 4.74 Å². The fraction of sp³-hybridized carbons (Fsp3) is 0.182. The van der Waals surface area contributed by atoms with Crippen LogP contribution in [0, 0.1) is 0 Å². The molecule has 0 aliphatic carbocycles. The van der Waals surface area contributed by atoms with Crippen LogP contribution in [-0.2, 0) is 4.74 Å². The van der Waals surface area contributed by atoms with E-state index >= 15 is 0 Å². The molecule has 0 saturated carbocycles. The van der Waals surface area contributed by atoms with Crippen LogP contribution in [0.25, 0.3) is 33.5 Å². The van der Waals surface area contributed by atoms with E-state index in [1.807, 2.05) is 18.2 Å². The van der Waals surface area contributed by atoms with Crippen molar-refractivity contribution in [2.45, 2.75) is 0 Å². The summed E-state index contributed by atoms with van der Waals surface area (Å²) in [4.78, 5) is 19.2. The normalized spacial score (nSPS) is 14.4. The van der Waals surface area contributed by atoms with Gasteiger partial charge in [0.25, 0.3) is 0 Å². The molecule has 31 heavy (non-hydrogen) atoms. The number of ether oxygens (including phenoxy) is 1. The molecule has 1 fully saturated rings. The second kappa shape index (κ2) is 7.37. The Hall–Kier alpha value is -3.98. The number of nitrogens with one attached hydrogen (secondary N) is 3. The Balaban J connectivity index is 1.33. The topological polar surface area (TPSA) is 108 Å². The maximum Gasteiger partial charge on any atom is 0.183 e. The lowest BCUT2D eigenvalue weighted by Crippen LogP contribution is -2.36. The predicted molar refractivity (Wildman–Crippen MR) is 120 cm³/mol. The fourth-order valence-electron chi connectivity index (χ4n) is 3.84. The van der Waals surface area contributed by atoms with Gasteiger partial charge in [0.1, 0.15) is 5.52 Å². The summed E-state index contributed by atoms with van der Waals surface area (Å²) in [6.07, 6.45) is 3.43. The number of morpholine rings is 1. The van der Waals surface area contributed by atoms with Crippen LogP contribution < -0.4 is 10.2 Å². The van der Waals surface area contributed by atoms with Gasteiger partial charge in [0.2, 0.25) is 0 Å². The highest BCUT2D eigenvalue weighted by molar-refractivity contribution is 5.88. The summed E-state index contributed by atoms with van der Waals surface area (Å²) in [5, 5.41) is 11.5. The third kappa shape index (κ3) is 3.34. The minimum Gasteiger partial charge on any atom is -0.378 e. The van der Waals surface area contributed by atoms with Gasteiger partial charge in [-0.1, -0.05) is 12.1 Å². The first-order valence-electron chi connectivity index (χ1n) is 10.2. The van der Waals surface area contributed by atoms with Gasteiger partial charge in [0, 0.05) is 35.4 Å². The Morgan fingerprint density at radius 2 is 1.87 bits per heavy atom. The van der Waals surface area contributed by atoms with Crippen LogP contribution in [0.4, 0.5) is 17.2 Å². The zero-order valence-electron chi connectivity index (χ0n) is 16.7. The minimum absolute atomic E-state index is 0.600. The molecule has 6 rings (SSSR count). The highest BCUT2D eigenvalue weighted by Crippen LogP contribution is 2.28. The Labute approximate surface area is 177 Å². The molecule has 5 aromatic rings. The molecule has 9 heteroatoms. The number of aromatic nitrogens is 6. The molecule has 2 aromatic carbocycles. The van der Waals surface area contributed by atoms with Crippen molar-refractivity contribution in [1.82, 2.24) is 30.1 Å². The first-order chi connectivity index (χ1) is 15.3. The zero-order chi connectivity index (χ0) is 20.6. The van der Waals surface area contributed by atoms with E-state index in [0.29, 0.717) is 17.3 Å². The quantitative estimate of drug-likeness (QED) is 0.415. The third-order valence-corrected chi connectivity index (χ3v) is 5.49. The van der Waals surface area contributed by atoms with Gasteiger partial charge in [-0.3, -0.25) is 5.10 Å². The molecule has 0 amide bonds. The average molecular weight is 412 g/mol. The molecule has 0 atom stereocenters. The monoisotopic (exact) mass is 412 g/mol. The van der Waals surface area contributed by atoms with Crippen LogP contribution in [0.3, 0.4) is 0 Å². The molecular weight excluding hydrogens is 392 g/mol. The van der Waals surface area contributed by atoms with E-state index in [-0.39, 0.29) is 0 Å². The van der Waals surface area contributed by atoms with Gasteiger partial charge in [-0.15, -0.1) is 0 Å². The molecular formula is C22H20N8O. The first-order valence-corrected chi connectivity index (χ1v) is 10.2. The molecule has 9 nitrogen and oxygen atoms in total. The van der Waals surface area contributed by atoms with Crippen molar-refractivity contribution in [2.24, 2.45) is 0 Å². The Kier molecular flexibility index (Phi) is 4.24. The highest BCUT2D eigenvalue weighted by atomic mass is 16.5. The molecule has 0 unspecified atom stereocenters. The summed E-state index contributed by atoms with van der Waals surface area (Å²) in [5.74, 6) is 1.28. The second-order valence-electron chi connectivity index (χ2n) is 7.44. The van der Waals surface area contributed by atoms with Gasteiger partial charge < -0.3 is 19.9 Å². The van der Waals surface area contributed by atoms with E-state index in [1.165, 1.54) is 5.69 Å². The van der Waals surface area contributed by atoms with Gasteiger partial charge in [0.05, 0.1) is 31.3 Å². The maximum absolute atomic E-state index is 5.44. The van der Waals surface area contributed by atoms with Crippen LogP contribution >= 0.6 is 0 Å². The predicted octanol–water partition coefficient (Wildman–Crippen LogP) is 3.48. The van der Waals surface area contributed by atoms with Gasteiger partial charge in [-0.25, -0.2) is 15.0 Å². The number of hydrogen-bond donors (Lipinski definition) is 3. The Morgan fingerprint density at radius 3 is 2.74 bits per heavy atom. The van der Waals surface area contributed by atoms with Crippen molar-refractivity contribution >= 4 is 39.3 Å². The number of aromatic amines is 2. The van der Waals surface area contributed by atoms with Gasteiger partial charge in [-0.05, 0) is 30.3 Å². The van der Waals surface area contributed by atoms with Crippen LogP contribution in [0.2, 0.25) is 0 Å². The number of benzene rings is 2. The number of hydrogen-bond acceptors (Lipinski definition) is 7. The molecule has 1 aliphatic heterocycles. The van der Waals surface area contributed by atoms with Crippen molar-refractivity contribution in [3.63, 3.8) is 0 Å². The van der Waals surface area contributed by atoms with Crippen LogP contribution in [0.1, 0.15) is 0 Å². The van der Waals surface area contributed by atoms with E-state index in [0.717, 1.165) is 54.0 Å². The summed E-state index contributed by atoms with van der Waals surface area (Å²) in [7, 11) is 0. The SMILES string of the molecule is c1nc2nc(-c3ccc4cn[nH]c4c3)nc(Nc3ccc(N4CCOCC4)cc3)c2[nH]1. The molecule has 0 radical (unpaired) electrons. The molecule has 1 saturated heterocycles. The minimum atomic E-state index is 0.600. The van der Waals surface area contributed by atoms with E-state index < -0.39 is 0 Å². The second-order valence-corrected chi connectivity index (χ2v) is 7.44. The maximum atomic E-state index is 5.44. The van der Waals surface area contributed by atoms with E-state index in [4.69, 9.17) is 9.72 Å². The van der Waals surface area contributed by atoms with Crippen LogP contribution in [0.15, 0.2) is 55.0 Å². The van der Waals surface area contributed by atoms with Gasteiger partial charge >= 0.3 is 0 Å². The zero-order valence-corrected chi connectivity index (χ0v) is 16.7. The van der Waals surface area contributed by atoms with E-state index in [2.05, 4.69) is 59.6 Å². The largest absolute Gasteiger partial charge is 0.378 e. The number of rotatable bonds is 4. The summed E-state index contributed by atoms with van der Waals surface area (Å²) >= 11 is 0. The Bertz CT molecular complexity index is 1350. The third-order valence-electron chi connectivity index (χ3n) is 5.49. The van der Waals surface area contributed by atoms with Gasteiger partial charge in [0.15, 0.2) is 17.3 Å². The van der Waals surface area contributed by atoms with Gasteiger partial charge in [-0.2, -0.15) is 5.10 Å². The van der Waals surface area contributed by atoms with Crippen LogP contribution in [-0.4, -0.2) is 56.4 Å². The molecule has 0 spiro atoms. The lowest BCUT2D eigenvalue weighted by atomic mass is 10.1. The number of fused-ring (bicyclic) bond motifs is 2. The van der Waals surface area contributed by atoms with Crippen molar-refractivity contribution in [3.05, 3.63) is 55.0 Å². The highest BCUT2D eigenvalue weighted by Gasteiger charge is 2.14. The summed E-state index contributed by atoms with van der Waals surface area (Å²) in [5.41, 5.74) is 5.35. The number of imidazole rings is 1. The standard InChI is InChI=1S/C22H20N8O/c1-2-15-12-25-29-18(15)11-14(1)20-27-21-19(23-13-24-21)22(28-20)26-16-3-5-17(6-4-16)30-7-9-31-10-8-30/h1-6,11-13H,7-10H2,(H,25,29)(H2,23,24,26,27,28). The van der Waals surface area contributed by atoms with Crippen molar-refractivity contribution in [3.8, 4) is 11.4 Å². The van der Waals surface area contributed by atoms with Crippen molar-refractivity contribution in [2.75, 3.05) is 36.5 Å². The van der Waals surface area contributed by atoms with E-state index in [9.17, 15) is 0 Å². The lowest BCUT2D eigenvalue weighted by molar-refractivity contribution is 0.122. The molecule has 0 bridgehead atoms. The lowest BCUT2D eigenvalue weighted by Gasteiger charge is -2.28. The van der Waals surface area contributed by atoms with Crippen LogP contribution in [0.5, 0.6) is 0 Å².